The first-order valence-electron chi connectivity index (χ1n) is 9.62. The lowest BCUT2D eigenvalue weighted by Crippen LogP contribution is -2.52. The second kappa shape index (κ2) is 9.28. The van der Waals surface area contributed by atoms with Gasteiger partial charge in [0.2, 0.25) is 11.8 Å². The summed E-state index contributed by atoms with van der Waals surface area (Å²) in [5.74, 6) is -0.0612. The zero-order valence-electron chi connectivity index (χ0n) is 16.1. The van der Waals surface area contributed by atoms with Gasteiger partial charge in [0.15, 0.2) is 0 Å². The van der Waals surface area contributed by atoms with Crippen molar-refractivity contribution in [3.63, 3.8) is 0 Å². The number of likely N-dealkylation sites (tertiary alicyclic amines) is 1. The van der Waals surface area contributed by atoms with Gasteiger partial charge in [-0.3, -0.25) is 9.59 Å². The number of ether oxygens (including phenoxy) is 1. The Bertz CT molecular complexity index is 707. The number of rotatable bonds is 5. The number of carbonyl (C=O) groups is 3. The molecule has 0 aliphatic carbocycles. The molecule has 0 N–H and O–H groups in total. The highest BCUT2D eigenvalue weighted by atomic mass is 35.5. The van der Waals surface area contributed by atoms with Gasteiger partial charge < -0.3 is 19.4 Å². The van der Waals surface area contributed by atoms with Crippen molar-refractivity contribution >= 4 is 29.5 Å². The second-order valence-electron chi connectivity index (χ2n) is 7.15. The van der Waals surface area contributed by atoms with E-state index in [9.17, 15) is 14.4 Å². The van der Waals surface area contributed by atoms with E-state index < -0.39 is 6.09 Å². The molecule has 0 aromatic heterocycles. The largest absolute Gasteiger partial charge is 0.448 e. The summed E-state index contributed by atoms with van der Waals surface area (Å²) in [5, 5.41) is 0. The van der Waals surface area contributed by atoms with Gasteiger partial charge in [-0.25, -0.2) is 4.79 Å². The summed E-state index contributed by atoms with van der Waals surface area (Å²) in [5.41, 5.74) is 1.06. The number of benzene rings is 1. The Morgan fingerprint density at radius 3 is 2.43 bits per heavy atom. The summed E-state index contributed by atoms with van der Waals surface area (Å²) < 4.78 is 5.02. The number of hydrogen-bond donors (Lipinski definition) is 0. The topological polar surface area (TPSA) is 70.2 Å². The molecule has 2 saturated heterocycles. The molecule has 28 heavy (non-hydrogen) atoms. The molecule has 152 valence electrons. The highest BCUT2D eigenvalue weighted by Crippen LogP contribution is 2.29. The molecule has 1 aromatic rings. The van der Waals surface area contributed by atoms with Crippen molar-refractivity contribution in [2.45, 2.75) is 19.4 Å². The van der Waals surface area contributed by atoms with Gasteiger partial charge in [0.25, 0.3) is 0 Å². The molecular formula is C20H26ClN3O4. The molecule has 2 aliphatic heterocycles. The van der Waals surface area contributed by atoms with E-state index in [4.69, 9.17) is 16.3 Å². The molecule has 2 unspecified atom stereocenters. The van der Waals surface area contributed by atoms with E-state index in [1.165, 1.54) is 0 Å². The predicted octanol–water partition coefficient (Wildman–Crippen LogP) is 2.12. The molecule has 0 spiro atoms. The van der Waals surface area contributed by atoms with Crippen LogP contribution in [0.25, 0.3) is 0 Å². The lowest BCUT2D eigenvalue weighted by Gasteiger charge is -2.35. The van der Waals surface area contributed by atoms with E-state index in [2.05, 4.69) is 0 Å². The Balaban J connectivity index is 1.53. The van der Waals surface area contributed by atoms with Crippen molar-refractivity contribution in [1.82, 2.24) is 14.7 Å². The Morgan fingerprint density at radius 2 is 1.79 bits per heavy atom. The molecule has 1 aromatic carbocycles. The molecule has 0 saturated carbocycles. The number of piperazine rings is 1. The van der Waals surface area contributed by atoms with Crippen LogP contribution in [0.3, 0.4) is 0 Å². The van der Waals surface area contributed by atoms with Gasteiger partial charge >= 0.3 is 6.09 Å². The Hall–Kier alpha value is -2.28. The third-order valence-corrected chi connectivity index (χ3v) is 5.56. The number of halogens is 1. The van der Waals surface area contributed by atoms with Gasteiger partial charge in [-0.1, -0.05) is 30.3 Å². The zero-order chi connectivity index (χ0) is 20.1. The molecule has 0 bridgehead atoms. The highest BCUT2D eigenvalue weighted by molar-refractivity contribution is 6.18. The summed E-state index contributed by atoms with van der Waals surface area (Å²) in [6.45, 7) is 4.37. The van der Waals surface area contributed by atoms with Crippen molar-refractivity contribution in [2.75, 3.05) is 45.2 Å². The van der Waals surface area contributed by atoms with Crippen LogP contribution in [0.2, 0.25) is 0 Å². The first-order valence-corrected chi connectivity index (χ1v) is 10.2. The molecule has 2 heterocycles. The fraction of sp³-hybridized carbons (Fsp3) is 0.550. The van der Waals surface area contributed by atoms with Gasteiger partial charge in [0.1, 0.15) is 6.61 Å². The quantitative estimate of drug-likeness (QED) is 0.701. The highest BCUT2D eigenvalue weighted by Gasteiger charge is 2.39. The van der Waals surface area contributed by atoms with Crippen LogP contribution >= 0.6 is 11.6 Å². The standard InChI is InChI=1S/C20H26ClN3O4/c1-15(16-5-3-2-4-6-16)24-14-17(13-18(24)25)19(26)22-8-10-23(11-9-22)20(27)28-12-7-21/h2-6,15,17H,7-14H2,1H3. The van der Waals surface area contributed by atoms with E-state index in [0.717, 1.165) is 5.56 Å². The van der Waals surface area contributed by atoms with E-state index in [0.29, 0.717) is 32.7 Å². The number of hydrogen-bond acceptors (Lipinski definition) is 4. The van der Waals surface area contributed by atoms with Gasteiger partial charge in [-0.2, -0.15) is 0 Å². The fourth-order valence-electron chi connectivity index (χ4n) is 3.77. The second-order valence-corrected chi connectivity index (χ2v) is 7.53. The molecule has 7 nitrogen and oxygen atoms in total. The van der Waals surface area contributed by atoms with Crippen LogP contribution < -0.4 is 0 Å². The minimum absolute atomic E-state index is 0.00936. The average molecular weight is 408 g/mol. The molecule has 3 amide bonds. The maximum absolute atomic E-state index is 12.9. The Kier molecular flexibility index (Phi) is 6.78. The van der Waals surface area contributed by atoms with Crippen molar-refractivity contribution < 1.29 is 19.1 Å². The summed E-state index contributed by atoms with van der Waals surface area (Å²) >= 11 is 5.53. The van der Waals surface area contributed by atoms with Gasteiger partial charge in [0, 0.05) is 39.1 Å². The van der Waals surface area contributed by atoms with E-state index in [-0.39, 0.29) is 42.7 Å². The number of carbonyl (C=O) groups excluding carboxylic acids is 3. The minimum atomic E-state index is -0.397. The predicted molar refractivity (Wildman–Crippen MR) is 105 cm³/mol. The normalized spacial score (nSPS) is 21.0. The first kappa shape index (κ1) is 20.5. The van der Waals surface area contributed by atoms with Crippen LogP contribution in [0.5, 0.6) is 0 Å². The maximum atomic E-state index is 12.9. The number of nitrogens with zero attached hydrogens (tertiary/aromatic N) is 3. The zero-order valence-corrected chi connectivity index (χ0v) is 16.8. The summed E-state index contributed by atoms with van der Waals surface area (Å²) in [4.78, 5) is 42.4. The fourth-order valence-corrected chi connectivity index (χ4v) is 3.84. The van der Waals surface area contributed by atoms with Crippen LogP contribution in [0.1, 0.15) is 24.9 Å². The molecule has 8 heteroatoms. The smallest absolute Gasteiger partial charge is 0.409 e. The SMILES string of the molecule is CC(c1ccccc1)N1CC(C(=O)N2CCN(C(=O)OCCCl)CC2)CC1=O. The molecule has 3 rings (SSSR count). The van der Waals surface area contributed by atoms with Crippen molar-refractivity contribution in [2.24, 2.45) is 5.92 Å². The van der Waals surface area contributed by atoms with Crippen LogP contribution in [-0.4, -0.2) is 77.8 Å². The van der Waals surface area contributed by atoms with Gasteiger partial charge in [-0.15, -0.1) is 11.6 Å². The number of alkyl halides is 1. The van der Waals surface area contributed by atoms with Crippen LogP contribution in [-0.2, 0) is 14.3 Å². The van der Waals surface area contributed by atoms with Crippen LogP contribution in [0, 0.1) is 5.92 Å². The molecule has 2 aliphatic rings. The molecule has 0 radical (unpaired) electrons. The van der Waals surface area contributed by atoms with Crippen molar-refractivity contribution in [3.05, 3.63) is 35.9 Å². The Morgan fingerprint density at radius 1 is 1.14 bits per heavy atom. The lowest BCUT2D eigenvalue weighted by molar-refractivity contribution is -0.137. The van der Waals surface area contributed by atoms with E-state index in [1.807, 2.05) is 37.3 Å². The van der Waals surface area contributed by atoms with Crippen molar-refractivity contribution in [3.8, 4) is 0 Å². The van der Waals surface area contributed by atoms with Crippen LogP contribution in [0.4, 0.5) is 4.79 Å². The average Bonchev–Trinajstić information content (AvgIpc) is 3.13. The van der Waals surface area contributed by atoms with E-state index in [1.54, 1.807) is 14.7 Å². The Labute approximate surface area is 170 Å². The van der Waals surface area contributed by atoms with E-state index >= 15 is 0 Å². The van der Waals surface area contributed by atoms with Gasteiger partial charge in [0.05, 0.1) is 17.8 Å². The summed E-state index contributed by atoms with van der Waals surface area (Å²) in [6.07, 6.45) is -0.153. The first-order chi connectivity index (χ1) is 13.5. The minimum Gasteiger partial charge on any atom is -0.448 e. The molecular weight excluding hydrogens is 382 g/mol. The summed E-state index contributed by atoms with van der Waals surface area (Å²) in [7, 11) is 0. The molecule has 2 atom stereocenters. The molecule has 2 fully saturated rings. The summed E-state index contributed by atoms with van der Waals surface area (Å²) in [6, 6.07) is 9.78. The van der Waals surface area contributed by atoms with Crippen LogP contribution in [0.15, 0.2) is 30.3 Å². The monoisotopic (exact) mass is 407 g/mol. The third-order valence-electron chi connectivity index (χ3n) is 5.41. The number of amides is 3. The third kappa shape index (κ3) is 4.58. The van der Waals surface area contributed by atoms with Gasteiger partial charge in [-0.05, 0) is 12.5 Å². The maximum Gasteiger partial charge on any atom is 0.409 e. The van der Waals surface area contributed by atoms with Crippen molar-refractivity contribution in [1.29, 1.82) is 0 Å². The lowest BCUT2D eigenvalue weighted by atomic mass is 10.1.